The molecule has 0 amide bonds. The maximum Gasteiger partial charge on any atom is 0.240 e. The highest BCUT2D eigenvalue weighted by molar-refractivity contribution is 7.89. The lowest BCUT2D eigenvalue weighted by atomic mass is 10.2. The number of pyridine rings is 1. The fourth-order valence-electron chi connectivity index (χ4n) is 1.95. The first-order valence-corrected chi connectivity index (χ1v) is 8.17. The van der Waals surface area contributed by atoms with E-state index in [9.17, 15) is 8.42 Å². The van der Waals surface area contributed by atoms with Crippen LogP contribution in [0.4, 0.5) is 5.82 Å². The molecule has 1 atom stereocenters. The smallest absolute Gasteiger partial charge is 0.240 e. The third-order valence-corrected chi connectivity index (χ3v) is 4.51. The summed E-state index contributed by atoms with van der Waals surface area (Å²) in [4.78, 5) is 4.34. The Balaban J connectivity index is 2.25. The van der Waals surface area contributed by atoms with Gasteiger partial charge in [-0.15, -0.1) is 0 Å². The minimum atomic E-state index is -3.58. The average molecular weight is 309 g/mol. The molecule has 0 aliphatic carbocycles. The summed E-state index contributed by atoms with van der Waals surface area (Å²) in [7, 11) is -3.58. The van der Waals surface area contributed by atoms with Gasteiger partial charge in [0.2, 0.25) is 10.0 Å². The van der Waals surface area contributed by atoms with E-state index < -0.39 is 10.0 Å². The molecule has 1 aromatic carbocycles. The first-order valence-electron chi connectivity index (χ1n) is 6.68. The molecule has 6 nitrogen and oxygen atoms in total. The minimum absolute atomic E-state index is 0.199. The van der Waals surface area contributed by atoms with Gasteiger partial charge in [0.15, 0.2) is 0 Å². The summed E-state index contributed by atoms with van der Waals surface area (Å²) in [6.07, 6.45) is 0. The van der Waals surface area contributed by atoms with Crippen LogP contribution in [0.1, 0.15) is 13.8 Å². The summed E-state index contributed by atoms with van der Waals surface area (Å²) in [6.45, 7) is 4.51. The van der Waals surface area contributed by atoms with Crippen LogP contribution < -0.4 is 10.5 Å². The van der Waals surface area contributed by atoms with Gasteiger partial charge in [0.05, 0.1) is 17.0 Å². The summed E-state index contributed by atoms with van der Waals surface area (Å²) in [5.74, 6) is 0.404. The van der Waals surface area contributed by atoms with Crippen molar-refractivity contribution in [1.29, 1.82) is 0 Å². The molecule has 0 radical (unpaired) electrons. The van der Waals surface area contributed by atoms with Gasteiger partial charge in [0, 0.05) is 18.0 Å². The number of hydrogen-bond donors (Lipinski definition) is 2. The van der Waals surface area contributed by atoms with Gasteiger partial charge < -0.3 is 10.5 Å². The quantitative estimate of drug-likeness (QED) is 0.843. The van der Waals surface area contributed by atoms with Crippen molar-refractivity contribution in [3.8, 4) is 0 Å². The first kappa shape index (κ1) is 15.7. The number of rotatable bonds is 6. The van der Waals surface area contributed by atoms with Crippen molar-refractivity contribution in [3.05, 3.63) is 30.3 Å². The summed E-state index contributed by atoms with van der Waals surface area (Å²) in [5.41, 5.74) is 6.27. The number of aromatic nitrogens is 1. The van der Waals surface area contributed by atoms with Gasteiger partial charge in [0.1, 0.15) is 5.82 Å². The van der Waals surface area contributed by atoms with Crippen molar-refractivity contribution in [3.63, 3.8) is 0 Å². The molecule has 1 heterocycles. The van der Waals surface area contributed by atoms with E-state index in [0.717, 1.165) is 5.39 Å². The van der Waals surface area contributed by atoms with Gasteiger partial charge in [-0.2, -0.15) is 0 Å². The Bertz CT molecular complexity index is 731. The lowest BCUT2D eigenvalue weighted by molar-refractivity contribution is 0.133. The van der Waals surface area contributed by atoms with Crippen molar-refractivity contribution in [2.45, 2.75) is 24.8 Å². The third-order valence-electron chi connectivity index (χ3n) is 2.92. The van der Waals surface area contributed by atoms with E-state index in [1.807, 2.05) is 6.92 Å². The molecule has 1 unspecified atom stereocenters. The molecular formula is C14H19N3O3S. The Morgan fingerprint density at radius 1 is 1.33 bits per heavy atom. The van der Waals surface area contributed by atoms with Crippen LogP contribution in [0.3, 0.4) is 0 Å². The summed E-state index contributed by atoms with van der Waals surface area (Å²) in [5, 5.41) is 0.726. The number of benzene rings is 1. The van der Waals surface area contributed by atoms with Crippen molar-refractivity contribution in [2.24, 2.45) is 0 Å². The van der Waals surface area contributed by atoms with E-state index in [-0.39, 0.29) is 10.9 Å². The second kappa shape index (κ2) is 6.38. The largest absolute Gasteiger partial charge is 0.384 e. The Hall–Kier alpha value is -1.70. The average Bonchev–Trinajstić information content (AvgIpc) is 2.44. The molecule has 21 heavy (non-hydrogen) atoms. The zero-order chi connectivity index (χ0) is 15.5. The Kier molecular flexibility index (Phi) is 4.76. The molecule has 0 aliphatic rings. The number of anilines is 1. The molecule has 0 spiro atoms. The van der Waals surface area contributed by atoms with Gasteiger partial charge in [-0.3, -0.25) is 0 Å². The number of nitrogens with zero attached hydrogens (tertiary/aromatic N) is 1. The first-order chi connectivity index (χ1) is 9.92. The summed E-state index contributed by atoms with van der Waals surface area (Å²) >= 11 is 0. The van der Waals surface area contributed by atoms with Crippen molar-refractivity contribution in [2.75, 3.05) is 18.9 Å². The van der Waals surface area contributed by atoms with E-state index in [1.165, 1.54) is 6.07 Å². The Morgan fingerprint density at radius 2 is 2.10 bits per heavy atom. The second-order valence-electron chi connectivity index (χ2n) is 4.77. The number of sulfonamides is 1. The zero-order valence-corrected chi connectivity index (χ0v) is 12.9. The lowest BCUT2D eigenvalue weighted by Crippen LogP contribution is -2.35. The highest BCUT2D eigenvalue weighted by Crippen LogP contribution is 2.19. The number of nitrogens with one attached hydrogen (secondary N) is 1. The van der Waals surface area contributed by atoms with Crippen LogP contribution in [0.5, 0.6) is 0 Å². The summed E-state index contributed by atoms with van der Waals surface area (Å²) in [6, 6.07) is 7.84. The monoisotopic (exact) mass is 309 g/mol. The molecule has 0 saturated carbocycles. The number of ether oxygens (including phenoxy) is 1. The second-order valence-corrected chi connectivity index (χ2v) is 6.49. The zero-order valence-electron chi connectivity index (χ0n) is 12.0. The molecule has 2 aromatic rings. The van der Waals surface area contributed by atoms with Crippen LogP contribution >= 0.6 is 0 Å². The highest BCUT2D eigenvalue weighted by Gasteiger charge is 2.17. The Labute approximate surface area is 124 Å². The summed E-state index contributed by atoms with van der Waals surface area (Å²) < 4.78 is 32.4. The van der Waals surface area contributed by atoms with Crippen molar-refractivity contribution < 1.29 is 13.2 Å². The number of nitrogens with two attached hydrogens (primary N) is 1. The van der Waals surface area contributed by atoms with E-state index in [2.05, 4.69) is 9.71 Å². The maximum atomic E-state index is 12.3. The maximum absolute atomic E-state index is 12.3. The third kappa shape index (κ3) is 3.90. The van der Waals surface area contributed by atoms with Crippen LogP contribution in [0.15, 0.2) is 35.2 Å². The minimum Gasteiger partial charge on any atom is -0.384 e. The number of nitrogen functional groups attached to an aromatic ring is 1. The Morgan fingerprint density at radius 3 is 2.81 bits per heavy atom. The van der Waals surface area contributed by atoms with Crippen LogP contribution in [0.2, 0.25) is 0 Å². The van der Waals surface area contributed by atoms with Gasteiger partial charge in [0.25, 0.3) is 0 Å². The fourth-order valence-corrected chi connectivity index (χ4v) is 3.21. The van der Waals surface area contributed by atoms with Crippen LogP contribution in [0, 0.1) is 0 Å². The lowest BCUT2D eigenvalue weighted by Gasteiger charge is -2.14. The highest BCUT2D eigenvalue weighted by atomic mass is 32.2. The fraction of sp³-hybridized carbons (Fsp3) is 0.357. The molecule has 114 valence electrons. The van der Waals surface area contributed by atoms with Crippen molar-refractivity contribution >= 4 is 26.7 Å². The number of hydrogen-bond acceptors (Lipinski definition) is 5. The van der Waals surface area contributed by atoms with E-state index in [0.29, 0.717) is 24.5 Å². The molecule has 0 bridgehead atoms. The normalized spacial score (nSPS) is 13.4. The van der Waals surface area contributed by atoms with E-state index in [1.54, 1.807) is 31.2 Å². The van der Waals surface area contributed by atoms with Crippen LogP contribution in [-0.4, -0.2) is 32.7 Å². The van der Waals surface area contributed by atoms with Gasteiger partial charge in [-0.05, 0) is 44.2 Å². The van der Waals surface area contributed by atoms with E-state index in [4.69, 9.17) is 10.5 Å². The van der Waals surface area contributed by atoms with Gasteiger partial charge >= 0.3 is 0 Å². The number of fused-ring (bicyclic) bond motifs is 1. The van der Waals surface area contributed by atoms with Crippen LogP contribution in [-0.2, 0) is 14.8 Å². The molecule has 1 aromatic heterocycles. The molecule has 0 aliphatic heterocycles. The predicted molar refractivity (Wildman–Crippen MR) is 82.4 cm³/mol. The topological polar surface area (TPSA) is 94.3 Å². The molecule has 0 fully saturated rings. The SMILES string of the molecule is CCOCC(C)NS(=O)(=O)c1ccc2nc(N)ccc2c1. The predicted octanol–water partition coefficient (Wildman–Crippen LogP) is 1.52. The van der Waals surface area contributed by atoms with Crippen molar-refractivity contribution in [1.82, 2.24) is 9.71 Å². The molecular weight excluding hydrogens is 290 g/mol. The van der Waals surface area contributed by atoms with E-state index >= 15 is 0 Å². The standard InChI is InChI=1S/C14H19N3O3S/c1-3-20-9-10(2)17-21(18,19)12-5-6-13-11(8-12)4-7-14(15)16-13/h4-8,10,17H,3,9H2,1-2H3,(H2,15,16). The molecule has 0 saturated heterocycles. The van der Waals surface area contributed by atoms with Gasteiger partial charge in [-0.1, -0.05) is 0 Å². The van der Waals surface area contributed by atoms with Gasteiger partial charge in [-0.25, -0.2) is 18.1 Å². The molecule has 7 heteroatoms. The molecule has 2 rings (SSSR count). The molecule has 3 N–H and O–H groups in total. The van der Waals surface area contributed by atoms with Crippen LogP contribution in [0.25, 0.3) is 10.9 Å².